The predicted molar refractivity (Wildman–Crippen MR) is 57.5 cm³/mol. The number of rotatable bonds is 6. The Bertz CT molecular complexity index is 127. The average Bonchev–Trinajstić information content (AvgIpc) is 2.15. The van der Waals surface area contributed by atoms with E-state index in [-0.39, 0.29) is 6.42 Å². The quantitative estimate of drug-likeness (QED) is 0.628. The molecule has 1 N–H and O–H groups in total. The molecule has 0 aliphatic carbocycles. The molecule has 0 atom stereocenters. The number of carbonyl (C=O) groups excluding carboxylic acids is 1. The normalized spacial score (nSPS) is 9.50. The fourth-order valence-electron chi connectivity index (χ4n) is 0.941. The molecule has 0 aromatic carbocycles. The molecule has 0 radical (unpaired) electrons. The lowest BCUT2D eigenvalue weighted by Crippen LogP contribution is -3.11. The summed E-state index contributed by atoms with van der Waals surface area (Å²) in [5, 5.41) is 9.49. The third-order valence-electron chi connectivity index (χ3n) is 1.90. The van der Waals surface area contributed by atoms with Gasteiger partial charge < -0.3 is 14.8 Å². The van der Waals surface area contributed by atoms with Gasteiger partial charge in [0.2, 0.25) is 0 Å². The highest BCUT2D eigenvalue weighted by atomic mass is 35.5. The smallest absolute Gasteiger partial charge is 0.0908 e. The van der Waals surface area contributed by atoms with Gasteiger partial charge in [0, 0.05) is 5.97 Å². The molecule has 3 nitrogen and oxygen atoms in total. The van der Waals surface area contributed by atoms with Crippen LogP contribution in [0, 0.1) is 0 Å². The van der Waals surface area contributed by atoms with Crippen LogP contribution < -0.4 is 10.0 Å². The van der Waals surface area contributed by atoms with Crippen LogP contribution in [0.4, 0.5) is 0 Å². The van der Waals surface area contributed by atoms with Gasteiger partial charge in [-0.3, -0.25) is 0 Å². The van der Waals surface area contributed by atoms with Gasteiger partial charge in [-0.2, -0.15) is 0 Å². The molecule has 0 bridgehead atoms. The van der Waals surface area contributed by atoms with Crippen LogP contribution in [0.5, 0.6) is 0 Å². The molecule has 0 fully saturated rings. The number of quaternary nitrogens is 1. The van der Waals surface area contributed by atoms with E-state index in [4.69, 9.17) is 11.6 Å². The molecule has 0 aromatic heterocycles. The number of carboxylic acid groups (broad SMARTS) is 1. The summed E-state index contributed by atoms with van der Waals surface area (Å²) >= 11 is 5.53. The number of hydrogen-bond acceptors (Lipinski definition) is 2. The number of carboxylic acids is 1. The molecule has 0 aromatic rings. The van der Waals surface area contributed by atoms with Gasteiger partial charge >= 0.3 is 0 Å². The van der Waals surface area contributed by atoms with Gasteiger partial charge in [-0.15, -0.1) is 11.6 Å². The Hall–Kier alpha value is -0.280. The second-order valence-electron chi connectivity index (χ2n) is 3.02. The maximum Gasteiger partial charge on any atom is 0.0908 e. The lowest BCUT2D eigenvalue weighted by molar-refractivity contribution is -0.893. The van der Waals surface area contributed by atoms with Crippen molar-refractivity contribution in [2.24, 2.45) is 0 Å². The molecule has 86 valence electrons. The Morgan fingerprint density at radius 1 is 1.29 bits per heavy atom. The van der Waals surface area contributed by atoms with E-state index in [1.807, 2.05) is 0 Å². The van der Waals surface area contributed by atoms with Crippen LogP contribution in [-0.2, 0) is 4.79 Å². The van der Waals surface area contributed by atoms with Gasteiger partial charge in [0.1, 0.15) is 0 Å². The summed E-state index contributed by atoms with van der Waals surface area (Å²) in [4.78, 5) is 11.1. The lowest BCUT2D eigenvalue weighted by Gasteiger charge is -2.12. The molecule has 14 heavy (non-hydrogen) atoms. The summed E-state index contributed by atoms with van der Waals surface area (Å²) in [5.74, 6) is -0.172. The fraction of sp³-hybridized carbons (Fsp3) is 0.900. The Labute approximate surface area is 92.0 Å². The number of alkyl halides is 1. The number of carbonyl (C=O) groups is 1. The SMILES string of the molecule is CCCC(=O)[O-].CC[NH+](CC)CCCl. The van der Waals surface area contributed by atoms with Crippen LogP contribution in [0.1, 0.15) is 33.6 Å². The van der Waals surface area contributed by atoms with Crippen LogP contribution in [0.3, 0.4) is 0 Å². The molecular formula is C10H22ClNO2. The molecule has 0 rings (SSSR count). The fourth-order valence-corrected chi connectivity index (χ4v) is 1.21. The van der Waals surface area contributed by atoms with Crippen molar-refractivity contribution in [1.29, 1.82) is 0 Å². The van der Waals surface area contributed by atoms with Gasteiger partial charge in [0.25, 0.3) is 0 Å². The number of nitrogens with one attached hydrogen (secondary N) is 1. The Kier molecular flexibility index (Phi) is 14.7. The predicted octanol–water partition coefficient (Wildman–Crippen LogP) is -0.314. The van der Waals surface area contributed by atoms with E-state index in [2.05, 4.69) is 13.8 Å². The van der Waals surface area contributed by atoms with Crippen molar-refractivity contribution in [3.63, 3.8) is 0 Å². The molecule has 0 aliphatic rings. The third-order valence-corrected chi connectivity index (χ3v) is 2.09. The summed E-state index contributed by atoms with van der Waals surface area (Å²) in [5.41, 5.74) is 0. The second-order valence-corrected chi connectivity index (χ2v) is 3.40. The van der Waals surface area contributed by atoms with Crippen molar-refractivity contribution in [1.82, 2.24) is 0 Å². The first-order valence-corrected chi connectivity index (χ1v) is 5.75. The molecule has 0 heterocycles. The third kappa shape index (κ3) is 14.3. The first-order valence-electron chi connectivity index (χ1n) is 5.21. The minimum atomic E-state index is -0.961. The lowest BCUT2D eigenvalue weighted by atomic mass is 10.4. The standard InChI is InChI=1S/C6H14ClN.C4H8O2/c1-3-8(4-2)6-5-7;1-2-3-4(5)6/h3-6H2,1-2H3;2-3H2,1H3,(H,5,6). The van der Waals surface area contributed by atoms with Gasteiger partial charge in [0.05, 0.1) is 25.5 Å². The molecule has 0 unspecified atom stereocenters. The minimum Gasteiger partial charge on any atom is -0.550 e. The maximum atomic E-state index is 9.49. The highest BCUT2D eigenvalue weighted by Gasteiger charge is 1.97. The molecule has 4 heteroatoms. The summed E-state index contributed by atoms with van der Waals surface area (Å²) < 4.78 is 0. The topological polar surface area (TPSA) is 44.6 Å². The van der Waals surface area contributed by atoms with Crippen molar-refractivity contribution in [3.8, 4) is 0 Å². The van der Waals surface area contributed by atoms with Gasteiger partial charge in [0.15, 0.2) is 0 Å². The molecule has 0 saturated carbocycles. The zero-order valence-corrected chi connectivity index (χ0v) is 10.2. The molecule has 0 amide bonds. The second kappa shape index (κ2) is 12.7. The summed E-state index contributed by atoms with van der Waals surface area (Å²) in [6.07, 6.45) is 0.850. The van der Waals surface area contributed by atoms with Crippen molar-refractivity contribution >= 4 is 17.6 Å². The average molecular weight is 224 g/mol. The van der Waals surface area contributed by atoms with Crippen molar-refractivity contribution in [3.05, 3.63) is 0 Å². The van der Waals surface area contributed by atoms with E-state index in [0.717, 1.165) is 12.4 Å². The molecular weight excluding hydrogens is 202 g/mol. The van der Waals surface area contributed by atoms with Crippen LogP contribution >= 0.6 is 11.6 Å². The number of aliphatic carboxylic acids is 1. The van der Waals surface area contributed by atoms with Crippen molar-refractivity contribution < 1.29 is 14.8 Å². The Balaban J connectivity index is 0. The Morgan fingerprint density at radius 2 is 1.79 bits per heavy atom. The summed E-state index contributed by atoms with van der Waals surface area (Å²) in [6, 6.07) is 0. The van der Waals surface area contributed by atoms with Crippen LogP contribution in [0.2, 0.25) is 0 Å². The van der Waals surface area contributed by atoms with Crippen molar-refractivity contribution in [2.45, 2.75) is 33.6 Å². The van der Waals surface area contributed by atoms with E-state index < -0.39 is 5.97 Å². The summed E-state index contributed by atoms with van der Waals surface area (Å²) in [6.45, 7) is 9.67. The first kappa shape index (κ1) is 16.2. The number of hydrogen-bond donors (Lipinski definition) is 1. The van der Waals surface area contributed by atoms with Crippen LogP contribution in [0.15, 0.2) is 0 Å². The van der Waals surface area contributed by atoms with E-state index in [0.29, 0.717) is 6.42 Å². The number of halogens is 1. The highest BCUT2D eigenvalue weighted by Crippen LogP contribution is 1.79. The van der Waals surface area contributed by atoms with Crippen LogP contribution in [-0.4, -0.2) is 31.5 Å². The Morgan fingerprint density at radius 3 is 1.86 bits per heavy atom. The van der Waals surface area contributed by atoms with Gasteiger partial charge in [-0.05, 0) is 20.3 Å². The monoisotopic (exact) mass is 223 g/mol. The van der Waals surface area contributed by atoms with E-state index in [9.17, 15) is 9.90 Å². The molecule has 0 aliphatic heterocycles. The maximum absolute atomic E-state index is 9.49. The van der Waals surface area contributed by atoms with Gasteiger partial charge in [-0.25, -0.2) is 0 Å². The van der Waals surface area contributed by atoms with E-state index in [1.165, 1.54) is 13.1 Å². The molecule has 0 saturated heterocycles. The highest BCUT2D eigenvalue weighted by molar-refractivity contribution is 6.17. The minimum absolute atomic E-state index is 0.181. The van der Waals surface area contributed by atoms with E-state index >= 15 is 0 Å². The zero-order valence-electron chi connectivity index (χ0n) is 9.44. The molecule has 0 spiro atoms. The van der Waals surface area contributed by atoms with Crippen molar-refractivity contribution in [2.75, 3.05) is 25.5 Å². The largest absolute Gasteiger partial charge is 0.550 e. The van der Waals surface area contributed by atoms with E-state index in [1.54, 1.807) is 11.8 Å². The summed E-state index contributed by atoms with van der Waals surface area (Å²) in [7, 11) is 0. The van der Waals surface area contributed by atoms with Crippen LogP contribution in [0.25, 0.3) is 0 Å². The zero-order chi connectivity index (χ0) is 11.4. The first-order chi connectivity index (χ1) is 6.62. The van der Waals surface area contributed by atoms with Gasteiger partial charge in [-0.1, -0.05) is 13.3 Å².